The zero-order valence-electron chi connectivity index (χ0n) is 20.6. The van der Waals surface area contributed by atoms with E-state index in [1.807, 2.05) is 4.90 Å². The van der Waals surface area contributed by atoms with Gasteiger partial charge in [0.2, 0.25) is 5.91 Å². The minimum absolute atomic E-state index is 0.0161. The maximum atomic E-state index is 15.1. The van der Waals surface area contributed by atoms with Crippen LogP contribution in [0, 0.1) is 17.3 Å². The maximum Gasteiger partial charge on any atom is 0.252 e. The van der Waals surface area contributed by atoms with Crippen LogP contribution in [0.15, 0.2) is 0 Å². The third kappa shape index (κ3) is 5.16. The molecule has 4 nitrogen and oxygen atoms in total. The number of piperidine rings is 1. The van der Waals surface area contributed by atoms with Crippen molar-refractivity contribution >= 4 is 5.91 Å². The predicted molar refractivity (Wildman–Crippen MR) is 125 cm³/mol. The third-order valence-electron chi connectivity index (χ3n) is 9.56. The van der Waals surface area contributed by atoms with E-state index in [2.05, 4.69) is 30.6 Å². The first kappa shape index (κ1) is 24.4. The van der Waals surface area contributed by atoms with Gasteiger partial charge in [-0.1, -0.05) is 19.8 Å². The van der Waals surface area contributed by atoms with Crippen molar-refractivity contribution in [3.8, 4) is 0 Å². The minimum atomic E-state index is -2.73. The summed E-state index contributed by atoms with van der Waals surface area (Å²) >= 11 is 0. The van der Waals surface area contributed by atoms with Crippen LogP contribution in [0.3, 0.4) is 0 Å². The number of hydrogen-bond acceptors (Lipinski definition) is 3. The molecule has 2 atom stereocenters. The fourth-order valence-corrected chi connectivity index (χ4v) is 7.14. The molecule has 0 unspecified atom stereocenters. The molecule has 6 heteroatoms. The van der Waals surface area contributed by atoms with Crippen molar-refractivity contribution < 1.29 is 13.6 Å². The Balaban J connectivity index is 1.36. The van der Waals surface area contributed by atoms with Gasteiger partial charge < -0.3 is 4.90 Å². The van der Waals surface area contributed by atoms with Crippen molar-refractivity contribution in [3.05, 3.63) is 0 Å². The molecule has 2 saturated carbocycles. The van der Waals surface area contributed by atoms with E-state index < -0.39 is 11.8 Å². The largest absolute Gasteiger partial charge is 0.343 e. The van der Waals surface area contributed by atoms with Gasteiger partial charge in [-0.25, -0.2) is 8.78 Å². The summed E-state index contributed by atoms with van der Waals surface area (Å²) in [5, 5.41) is 0. The maximum absolute atomic E-state index is 15.1. The number of likely N-dealkylation sites (tertiary alicyclic amines) is 1. The fourth-order valence-electron chi connectivity index (χ4n) is 7.14. The molecule has 0 aromatic carbocycles. The molecule has 2 aliphatic carbocycles. The van der Waals surface area contributed by atoms with E-state index in [0.717, 1.165) is 64.4 Å². The standard InChI is InChI=1S/C26H45F2N3O/c1-20(2)29-15-17-30(18-16-29)23-9-6-10-26(27,28)22(23)19-24(32)31-13-11-25(3,12-14-31)21-7-4-5-8-21/h20-23H,4-19H2,1-3H3/t22-,23+/m1/s1. The van der Waals surface area contributed by atoms with Crippen molar-refractivity contribution in [1.82, 2.24) is 14.7 Å². The van der Waals surface area contributed by atoms with Crippen LogP contribution in [0.1, 0.15) is 85.0 Å². The number of piperazine rings is 1. The number of rotatable bonds is 5. The molecule has 1 amide bonds. The third-order valence-corrected chi connectivity index (χ3v) is 9.56. The monoisotopic (exact) mass is 453 g/mol. The second-order valence-corrected chi connectivity index (χ2v) is 11.7. The van der Waals surface area contributed by atoms with Crippen LogP contribution >= 0.6 is 0 Å². The molecule has 0 N–H and O–H groups in total. The first-order valence-electron chi connectivity index (χ1n) is 13.3. The molecule has 4 aliphatic rings. The van der Waals surface area contributed by atoms with Crippen LogP contribution in [0.5, 0.6) is 0 Å². The Bertz CT molecular complexity index is 633. The lowest BCUT2D eigenvalue weighted by molar-refractivity contribution is -0.152. The summed E-state index contributed by atoms with van der Waals surface area (Å²) in [7, 11) is 0. The van der Waals surface area contributed by atoms with Gasteiger partial charge in [0.25, 0.3) is 5.92 Å². The Kier molecular flexibility index (Phi) is 7.51. The van der Waals surface area contributed by atoms with Gasteiger partial charge >= 0.3 is 0 Å². The molecular formula is C26H45F2N3O. The molecule has 0 spiro atoms. The molecule has 2 saturated heterocycles. The van der Waals surface area contributed by atoms with Gasteiger partial charge in [-0.2, -0.15) is 0 Å². The second kappa shape index (κ2) is 9.85. The molecule has 0 bridgehead atoms. The quantitative estimate of drug-likeness (QED) is 0.584. The summed E-state index contributed by atoms with van der Waals surface area (Å²) < 4.78 is 30.3. The molecule has 2 aliphatic heterocycles. The highest BCUT2D eigenvalue weighted by molar-refractivity contribution is 5.76. The van der Waals surface area contributed by atoms with E-state index in [4.69, 9.17) is 0 Å². The topological polar surface area (TPSA) is 26.8 Å². The van der Waals surface area contributed by atoms with Crippen molar-refractivity contribution in [3.63, 3.8) is 0 Å². The first-order valence-corrected chi connectivity index (χ1v) is 13.3. The van der Waals surface area contributed by atoms with Crippen LogP contribution < -0.4 is 0 Å². The fraction of sp³-hybridized carbons (Fsp3) is 0.962. The number of nitrogens with zero attached hydrogens (tertiary/aromatic N) is 3. The second-order valence-electron chi connectivity index (χ2n) is 11.7. The number of carbonyl (C=O) groups excluding carboxylic acids is 1. The van der Waals surface area contributed by atoms with Gasteiger partial charge in [-0.05, 0) is 63.7 Å². The van der Waals surface area contributed by atoms with Gasteiger partial charge in [-0.15, -0.1) is 0 Å². The Morgan fingerprint density at radius 3 is 2.12 bits per heavy atom. The van der Waals surface area contributed by atoms with Crippen LogP contribution in [-0.2, 0) is 4.79 Å². The van der Waals surface area contributed by atoms with Crippen molar-refractivity contribution in [2.24, 2.45) is 17.3 Å². The van der Waals surface area contributed by atoms with Gasteiger partial charge in [0.15, 0.2) is 0 Å². The first-order chi connectivity index (χ1) is 15.2. The average Bonchev–Trinajstić information content (AvgIpc) is 3.31. The lowest BCUT2D eigenvalue weighted by Crippen LogP contribution is -2.58. The highest BCUT2D eigenvalue weighted by atomic mass is 19.3. The lowest BCUT2D eigenvalue weighted by Gasteiger charge is -2.48. The molecule has 184 valence electrons. The summed E-state index contributed by atoms with van der Waals surface area (Å²) in [4.78, 5) is 19.8. The number of halogens is 2. The molecule has 4 rings (SSSR count). The van der Waals surface area contributed by atoms with Crippen molar-refractivity contribution in [2.75, 3.05) is 39.3 Å². The highest BCUT2D eigenvalue weighted by Crippen LogP contribution is 2.47. The summed E-state index contributed by atoms with van der Waals surface area (Å²) in [6, 6.07) is 0.335. The smallest absolute Gasteiger partial charge is 0.252 e. The van der Waals surface area contributed by atoms with Crippen LogP contribution in [0.4, 0.5) is 8.78 Å². The highest BCUT2D eigenvalue weighted by Gasteiger charge is 2.50. The van der Waals surface area contributed by atoms with E-state index in [-0.39, 0.29) is 24.8 Å². The van der Waals surface area contributed by atoms with Crippen LogP contribution in [0.25, 0.3) is 0 Å². The summed E-state index contributed by atoms with van der Waals surface area (Å²) in [5.41, 5.74) is 0.334. The summed E-state index contributed by atoms with van der Waals surface area (Å²) in [6.07, 6.45) is 8.71. The summed E-state index contributed by atoms with van der Waals surface area (Å²) in [6.45, 7) is 11.8. The van der Waals surface area contributed by atoms with E-state index in [1.165, 1.54) is 25.7 Å². The average molecular weight is 454 g/mol. The molecule has 0 aromatic heterocycles. The van der Waals surface area contributed by atoms with Gasteiger partial charge in [0.05, 0.1) is 0 Å². The minimum Gasteiger partial charge on any atom is -0.343 e. The molecule has 0 radical (unpaired) electrons. The van der Waals surface area contributed by atoms with Crippen molar-refractivity contribution in [1.29, 1.82) is 0 Å². The molecular weight excluding hydrogens is 408 g/mol. The zero-order chi connectivity index (χ0) is 22.9. The lowest BCUT2D eigenvalue weighted by atomic mass is 9.69. The Hall–Kier alpha value is -0.750. The van der Waals surface area contributed by atoms with Gasteiger partial charge in [0.1, 0.15) is 0 Å². The molecule has 32 heavy (non-hydrogen) atoms. The Morgan fingerprint density at radius 2 is 1.53 bits per heavy atom. The van der Waals surface area contributed by atoms with E-state index in [1.54, 1.807) is 0 Å². The number of hydrogen-bond donors (Lipinski definition) is 0. The SMILES string of the molecule is CC(C)N1CCN([C@H]2CCCC(F)(F)[C@@H]2CC(=O)N2CCC(C)(C3CCCC3)CC2)CC1. The molecule has 2 heterocycles. The van der Waals surface area contributed by atoms with Crippen LogP contribution in [-0.4, -0.2) is 77.9 Å². The van der Waals surface area contributed by atoms with E-state index >= 15 is 8.78 Å². The predicted octanol–water partition coefficient (Wildman–Crippen LogP) is 5.03. The number of carbonyl (C=O) groups is 1. The zero-order valence-corrected chi connectivity index (χ0v) is 20.6. The normalized spacial score (nSPS) is 32.5. The van der Waals surface area contributed by atoms with E-state index in [9.17, 15) is 4.79 Å². The van der Waals surface area contributed by atoms with Crippen LogP contribution in [0.2, 0.25) is 0 Å². The molecule has 0 aromatic rings. The van der Waals surface area contributed by atoms with E-state index in [0.29, 0.717) is 17.9 Å². The number of amides is 1. The van der Waals surface area contributed by atoms with Gasteiger partial charge in [0, 0.05) is 70.1 Å². The Labute approximate surface area is 194 Å². The number of alkyl halides is 2. The van der Waals surface area contributed by atoms with Gasteiger partial charge in [-0.3, -0.25) is 14.6 Å². The summed E-state index contributed by atoms with van der Waals surface area (Å²) in [5.74, 6) is -2.81. The molecule has 4 fully saturated rings. The Morgan fingerprint density at radius 1 is 0.906 bits per heavy atom. The van der Waals surface area contributed by atoms with Crippen molar-refractivity contribution in [2.45, 2.75) is 103 Å².